The van der Waals surface area contributed by atoms with Gasteiger partial charge in [0, 0.05) is 12.4 Å². The van der Waals surface area contributed by atoms with Crippen LogP contribution in [0.3, 0.4) is 0 Å². The highest BCUT2D eigenvalue weighted by molar-refractivity contribution is 5.69. The molecule has 5 nitrogen and oxygen atoms in total. The third-order valence-electron chi connectivity index (χ3n) is 5.15. The Morgan fingerprint density at radius 1 is 0.966 bits per heavy atom. The molecule has 1 aromatic heterocycles. The standard InChI is InChI=1S/C24H24N2O3/c27-24-26(16-17-28-24)22(9-6-19-12-14-25-15-13-19)18-29-23-10-7-21(8-11-23)20-4-2-1-3-5-20/h1-5,7-8,10-15,22H,6,9,16-18H2. The van der Waals surface area contributed by atoms with E-state index in [0.29, 0.717) is 19.8 Å². The lowest BCUT2D eigenvalue weighted by molar-refractivity contribution is 0.128. The van der Waals surface area contributed by atoms with Gasteiger partial charge in [0.1, 0.15) is 19.0 Å². The van der Waals surface area contributed by atoms with Gasteiger partial charge in [0.15, 0.2) is 0 Å². The van der Waals surface area contributed by atoms with Gasteiger partial charge in [-0.2, -0.15) is 0 Å². The van der Waals surface area contributed by atoms with Gasteiger partial charge in [0.25, 0.3) is 0 Å². The van der Waals surface area contributed by atoms with E-state index in [1.54, 1.807) is 17.3 Å². The fourth-order valence-corrected chi connectivity index (χ4v) is 3.52. The van der Waals surface area contributed by atoms with Crippen molar-refractivity contribution >= 4 is 6.09 Å². The molecular weight excluding hydrogens is 364 g/mol. The smallest absolute Gasteiger partial charge is 0.410 e. The van der Waals surface area contributed by atoms with Gasteiger partial charge < -0.3 is 9.47 Å². The largest absolute Gasteiger partial charge is 0.491 e. The molecule has 148 valence electrons. The average molecular weight is 388 g/mol. The summed E-state index contributed by atoms with van der Waals surface area (Å²) in [6.07, 6.45) is 4.99. The van der Waals surface area contributed by atoms with Gasteiger partial charge in [-0.3, -0.25) is 9.88 Å². The second kappa shape index (κ2) is 9.24. The lowest BCUT2D eigenvalue weighted by atomic mass is 10.1. The van der Waals surface area contributed by atoms with Crippen molar-refractivity contribution in [1.82, 2.24) is 9.88 Å². The molecule has 0 aliphatic carbocycles. The third-order valence-corrected chi connectivity index (χ3v) is 5.15. The van der Waals surface area contributed by atoms with Gasteiger partial charge in [-0.25, -0.2) is 4.79 Å². The monoisotopic (exact) mass is 388 g/mol. The zero-order valence-corrected chi connectivity index (χ0v) is 16.2. The number of benzene rings is 2. The van der Waals surface area contributed by atoms with E-state index < -0.39 is 0 Å². The number of amides is 1. The van der Waals surface area contributed by atoms with Crippen molar-refractivity contribution in [1.29, 1.82) is 0 Å². The highest BCUT2D eigenvalue weighted by Gasteiger charge is 2.30. The first kappa shape index (κ1) is 19.0. The summed E-state index contributed by atoms with van der Waals surface area (Å²) in [5, 5.41) is 0. The molecule has 1 aliphatic heterocycles. The van der Waals surface area contributed by atoms with Crippen LogP contribution in [0.25, 0.3) is 11.1 Å². The molecule has 1 saturated heterocycles. The first-order valence-corrected chi connectivity index (χ1v) is 9.90. The molecule has 1 unspecified atom stereocenters. The topological polar surface area (TPSA) is 51.7 Å². The first-order valence-electron chi connectivity index (χ1n) is 9.90. The zero-order chi connectivity index (χ0) is 19.9. The van der Waals surface area contributed by atoms with Crippen LogP contribution >= 0.6 is 0 Å². The molecule has 1 aliphatic rings. The van der Waals surface area contributed by atoms with Crippen LogP contribution in [0.4, 0.5) is 4.79 Å². The molecule has 3 aromatic rings. The molecule has 1 amide bonds. The van der Waals surface area contributed by atoms with Crippen LogP contribution in [0.1, 0.15) is 12.0 Å². The minimum atomic E-state index is -0.257. The average Bonchev–Trinajstić information content (AvgIpc) is 3.21. The van der Waals surface area contributed by atoms with E-state index in [9.17, 15) is 4.79 Å². The molecule has 0 spiro atoms. The molecule has 29 heavy (non-hydrogen) atoms. The number of hydrogen-bond acceptors (Lipinski definition) is 4. The molecule has 0 radical (unpaired) electrons. The minimum absolute atomic E-state index is 0.0352. The number of pyridine rings is 1. The number of carbonyl (C=O) groups is 1. The second-order valence-corrected chi connectivity index (χ2v) is 7.06. The summed E-state index contributed by atoms with van der Waals surface area (Å²) in [6.45, 7) is 1.48. The predicted octanol–water partition coefficient (Wildman–Crippen LogP) is 4.58. The second-order valence-electron chi connectivity index (χ2n) is 7.06. The van der Waals surface area contributed by atoms with Crippen molar-refractivity contribution in [2.24, 2.45) is 0 Å². The van der Waals surface area contributed by atoms with Crippen molar-refractivity contribution in [3.05, 3.63) is 84.7 Å². The molecule has 5 heteroatoms. The highest BCUT2D eigenvalue weighted by Crippen LogP contribution is 2.23. The zero-order valence-electron chi connectivity index (χ0n) is 16.2. The maximum Gasteiger partial charge on any atom is 0.410 e. The molecule has 1 atom stereocenters. The Balaban J connectivity index is 1.40. The van der Waals surface area contributed by atoms with Crippen LogP contribution in [0, 0.1) is 0 Å². The highest BCUT2D eigenvalue weighted by atomic mass is 16.6. The molecule has 4 rings (SSSR count). The molecule has 1 fully saturated rings. The minimum Gasteiger partial charge on any atom is -0.491 e. The van der Waals surface area contributed by atoms with Crippen LogP contribution in [-0.4, -0.2) is 41.8 Å². The van der Waals surface area contributed by atoms with Crippen molar-refractivity contribution < 1.29 is 14.3 Å². The Morgan fingerprint density at radius 3 is 2.38 bits per heavy atom. The molecule has 0 bridgehead atoms. The number of nitrogens with zero attached hydrogens (tertiary/aromatic N) is 2. The Hall–Kier alpha value is -3.34. The quantitative estimate of drug-likeness (QED) is 0.567. The van der Waals surface area contributed by atoms with E-state index in [1.807, 2.05) is 42.5 Å². The van der Waals surface area contributed by atoms with E-state index in [4.69, 9.17) is 9.47 Å². The number of aromatic nitrogens is 1. The number of cyclic esters (lactones) is 1. The summed E-state index contributed by atoms with van der Waals surface area (Å²) < 4.78 is 11.2. The van der Waals surface area contributed by atoms with Crippen molar-refractivity contribution in [3.8, 4) is 16.9 Å². The third kappa shape index (κ3) is 4.93. The molecule has 0 N–H and O–H groups in total. The van der Waals surface area contributed by atoms with Gasteiger partial charge in [0.2, 0.25) is 0 Å². The number of ether oxygens (including phenoxy) is 2. The maximum absolute atomic E-state index is 12.1. The van der Waals surface area contributed by atoms with Gasteiger partial charge in [-0.1, -0.05) is 42.5 Å². The van der Waals surface area contributed by atoms with E-state index in [-0.39, 0.29) is 12.1 Å². The number of rotatable bonds is 8. The summed E-state index contributed by atoms with van der Waals surface area (Å²) >= 11 is 0. The van der Waals surface area contributed by atoms with Crippen LogP contribution in [0.15, 0.2) is 79.1 Å². The van der Waals surface area contributed by atoms with Crippen molar-refractivity contribution in [3.63, 3.8) is 0 Å². The molecule has 0 saturated carbocycles. The van der Waals surface area contributed by atoms with E-state index in [2.05, 4.69) is 29.2 Å². The number of hydrogen-bond donors (Lipinski definition) is 0. The summed E-state index contributed by atoms with van der Waals surface area (Å²) in [5.74, 6) is 0.797. The Bertz CT molecular complexity index is 914. The van der Waals surface area contributed by atoms with E-state index in [1.165, 1.54) is 11.1 Å². The lowest BCUT2D eigenvalue weighted by Crippen LogP contribution is -2.40. The van der Waals surface area contributed by atoms with Crippen LogP contribution in [0.5, 0.6) is 5.75 Å². The van der Waals surface area contributed by atoms with Gasteiger partial charge in [0.05, 0.1) is 12.6 Å². The van der Waals surface area contributed by atoms with Crippen LogP contribution < -0.4 is 4.74 Å². The summed E-state index contributed by atoms with van der Waals surface area (Å²) in [7, 11) is 0. The fourth-order valence-electron chi connectivity index (χ4n) is 3.52. The number of carbonyl (C=O) groups excluding carboxylic acids is 1. The molecular formula is C24H24N2O3. The van der Waals surface area contributed by atoms with Crippen molar-refractivity contribution in [2.75, 3.05) is 19.8 Å². The maximum atomic E-state index is 12.1. The van der Waals surface area contributed by atoms with Gasteiger partial charge in [-0.05, 0) is 53.8 Å². The summed E-state index contributed by atoms with van der Waals surface area (Å²) in [4.78, 5) is 17.9. The predicted molar refractivity (Wildman–Crippen MR) is 112 cm³/mol. The van der Waals surface area contributed by atoms with Gasteiger partial charge in [-0.15, -0.1) is 0 Å². The SMILES string of the molecule is O=C1OCCN1C(CCc1ccncc1)COc1ccc(-c2ccccc2)cc1. The molecule has 2 heterocycles. The fraction of sp³-hybridized carbons (Fsp3) is 0.250. The Morgan fingerprint density at radius 2 is 1.69 bits per heavy atom. The van der Waals surface area contributed by atoms with E-state index in [0.717, 1.165) is 24.2 Å². The summed E-state index contributed by atoms with van der Waals surface area (Å²) in [5.41, 5.74) is 3.52. The van der Waals surface area contributed by atoms with Crippen LogP contribution in [0.2, 0.25) is 0 Å². The van der Waals surface area contributed by atoms with Crippen molar-refractivity contribution in [2.45, 2.75) is 18.9 Å². The van der Waals surface area contributed by atoms with Crippen LogP contribution in [-0.2, 0) is 11.2 Å². The molecule has 2 aromatic carbocycles. The Kier molecular flexibility index (Phi) is 6.05. The lowest BCUT2D eigenvalue weighted by Gasteiger charge is -2.26. The first-order chi connectivity index (χ1) is 14.3. The van der Waals surface area contributed by atoms with E-state index >= 15 is 0 Å². The van der Waals surface area contributed by atoms with Gasteiger partial charge >= 0.3 is 6.09 Å². The Labute approximate surface area is 170 Å². The number of aryl methyl sites for hydroxylation is 1. The summed E-state index contributed by atoms with van der Waals surface area (Å²) in [6, 6.07) is 22.3. The normalized spacial score (nSPS) is 14.5.